The molecule has 5 heteroatoms. The van der Waals surface area contributed by atoms with Crippen molar-refractivity contribution in [2.45, 2.75) is 19.1 Å². The van der Waals surface area contributed by atoms with Gasteiger partial charge in [-0.15, -0.1) is 0 Å². The Labute approximate surface area is 182 Å². The van der Waals surface area contributed by atoms with E-state index in [1.807, 2.05) is 30.3 Å². The van der Waals surface area contributed by atoms with E-state index in [1.165, 1.54) is 27.8 Å². The van der Waals surface area contributed by atoms with E-state index in [0.29, 0.717) is 6.61 Å². The third kappa shape index (κ3) is 3.73. The van der Waals surface area contributed by atoms with Crippen LogP contribution >= 0.6 is 0 Å². The van der Waals surface area contributed by atoms with Crippen LogP contribution in [0.3, 0.4) is 0 Å². The molecule has 4 aromatic rings. The van der Waals surface area contributed by atoms with Gasteiger partial charge in [0.1, 0.15) is 12.4 Å². The summed E-state index contributed by atoms with van der Waals surface area (Å²) in [6, 6.07) is 23.0. The molecule has 1 aromatic heterocycles. The number of nitrogens with two attached hydrogens (primary N) is 1. The fourth-order valence-corrected chi connectivity index (χ4v) is 4.47. The molecule has 0 radical (unpaired) electrons. The van der Waals surface area contributed by atoms with E-state index in [9.17, 15) is 0 Å². The van der Waals surface area contributed by atoms with E-state index in [-0.39, 0.29) is 6.04 Å². The normalized spacial score (nSPS) is 15.5. The quantitative estimate of drug-likeness (QED) is 0.501. The van der Waals surface area contributed by atoms with E-state index in [2.05, 4.69) is 46.7 Å². The third-order valence-corrected chi connectivity index (χ3v) is 6.03. The summed E-state index contributed by atoms with van der Waals surface area (Å²) in [6.07, 6.45) is 1.03. The summed E-state index contributed by atoms with van der Waals surface area (Å²) in [5.41, 5.74) is 6.15. The lowest BCUT2D eigenvalue weighted by atomic mass is 9.94. The Morgan fingerprint density at radius 2 is 1.77 bits per heavy atom. The molecular formula is C26H27N2O3+. The Kier molecular flexibility index (Phi) is 5.26. The van der Waals surface area contributed by atoms with Gasteiger partial charge in [0.05, 0.1) is 26.5 Å². The van der Waals surface area contributed by atoms with Crippen LogP contribution in [0.15, 0.2) is 66.7 Å². The highest BCUT2D eigenvalue weighted by molar-refractivity contribution is 5.86. The number of fused-ring (bicyclic) bond motifs is 3. The van der Waals surface area contributed by atoms with Crippen LogP contribution in [0.5, 0.6) is 17.2 Å². The molecule has 1 aliphatic rings. The maximum absolute atomic E-state index is 6.08. The van der Waals surface area contributed by atoms with Crippen molar-refractivity contribution in [2.75, 3.05) is 20.8 Å². The summed E-state index contributed by atoms with van der Waals surface area (Å²) < 4.78 is 17.0. The van der Waals surface area contributed by atoms with Crippen molar-refractivity contribution >= 4 is 10.9 Å². The Hall–Kier alpha value is -3.44. The standard InChI is InChI=1S/C26H26N2O3/c1-29-23-11-8-18(14-24(23)30-2)25-26-20(12-13-27-25)21-15-19(9-10-22(21)28-26)31-16-17-6-4-3-5-7-17/h3-11,14-15,25,27-28H,12-13,16H2,1-2H3/p+1. The molecule has 0 bridgehead atoms. The average molecular weight is 416 g/mol. The van der Waals surface area contributed by atoms with Crippen molar-refractivity contribution < 1.29 is 19.5 Å². The largest absolute Gasteiger partial charge is 0.493 e. The van der Waals surface area contributed by atoms with Gasteiger partial charge in [-0.25, -0.2) is 0 Å². The van der Waals surface area contributed by atoms with Crippen LogP contribution in [0.25, 0.3) is 10.9 Å². The first-order valence-corrected chi connectivity index (χ1v) is 10.6. The zero-order chi connectivity index (χ0) is 21.2. The van der Waals surface area contributed by atoms with E-state index >= 15 is 0 Å². The molecule has 5 nitrogen and oxygen atoms in total. The number of hydrogen-bond donors (Lipinski definition) is 2. The van der Waals surface area contributed by atoms with Crippen LogP contribution in [-0.4, -0.2) is 25.7 Å². The molecule has 0 saturated carbocycles. The number of ether oxygens (including phenoxy) is 3. The van der Waals surface area contributed by atoms with Crippen LogP contribution < -0.4 is 19.5 Å². The topological polar surface area (TPSA) is 60.1 Å². The van der Waals surface area contributed by atoms with E-state index in [4.69, 9.17) is 14.2 Å². The van der Waals surface area contributed by atoms with Gasteiger partial charge in [0.25, 0.3) is 0 Å². The van der Waals surface area contributed by atoms with Crippen LogP contribution in [0.2, 0.25) is 0 Å². The summed E-state index contributed by atoms with van der Waals surface area (Å²) in [4.78, 5) is 3.67. The minimum atomic E-state index is 0.199. The Balaban J connectivity index is 1.47. The first-order chi connectivity index (χ1) is 15.3. The number of aromatic amines is 1. The lowest BCUT2D eigenvalue weighted by Crippen LogP contribution is -2.87. The maximum Gasteiger partial charge on any atom is 0.161 e. The molecule has 1 unspecified atom stereocenters. The highest BCUT2D eigenvalue weighted by atomic mass is 16.5. The summed E-state index contributed by atoms with van der Waals surface area (Å²) in [5, 5.41) is 3.63. The van der Waals surface area contributed by atoms with Crippen LogP contribution in [0.4, 0.5) is 0 Å². The fraction of sp³-hybridized carbons (Fsp3) is 0.231. The lowest BCUT2D eigenvalue weighted by molar-refractivity contribution is -0.690. The Bertz CT molecular complexity index is 1200. The molecule has 3 N–H and O–H groups in total. The summed E-state index contributed by atoms with van der Waals surface area (Å²) in [7, 11) is 3.34. The van der Waals surface area contributed by atoms with Gasteiger partial charge in [0.2, 0.25) is 0 Å². The van der Waals surface area contributed by atoms with Gasteiger partial charge in [0, 0.05) is 22.9 Å². The second-order valence-corrected chi connectivity index (χ2v) is 7.87. The number of methoxy groups -OCH3 is 2. The number of H-pyrrole nitrogens is 1. The minimum absolute atomic E-state index is 0.199. The lowest BCUT2D eigenvalue weighted by Gasteiger charge is -2.22. The molecule has 1 atom stereocenters. The van der Waals surface area contributed by atoms with Crippen molar-refractivity contribution in [3.05, 3.63) is 89.1 Å². The van der Waals surface area contributed by atoms with Crippen molar-refractivity contribution in [2.24, 2.45) is 0 Å². The van der Waals surface area contributed by atoms with Crippen molar-refractivity contribution in [3.8, 4) is 17.2 Å². The third-order valence-electron chi connectivity index (χ3n) is 6.03. The van der Waals surface area contributed by atoms with E-state index < -0.39 is 0 Å². The molecule has 0 spiro atoms. The fourth-order valence-electron chi connectivity index (χ4n) is 4.47. The average Bonchev–Trinajstić information content (AvgIpc) is 3.21. The first kappa shape index (κ1) is 19.5. The molecule has 0 amide bonds. The number of quaternary nitrogens is 1. The number of benzene rings is 3. The molecule has 5 rings (SSSR count). The van der Waals surface area contributed by atoms with E-state index in [1.54, 1.807) is 14.2 Å². The van der Waals surface area contributed by atoms with Crippen molar-refractivity contribution in [1.29, 1.82) is 0 Å². The van der Waals surface area contributed by atoms with Gasteiger partial charge >= 0.3 is 0 Å². The van der Waals surface area contributed by atoms with Crippen LogP contribution in [0, 0.1) is 0 Å². The summed E-state index contributed by atoms with van der Waals surface area (Å²) >= 11 is 0. The molecule has 1 aliphatic heterocycles. The number of hydrogen-bond acceptors (Lipinski definition) is 3. The highest BCUT2D eigenvalue weighted by Crippen LogP contribution is 2.35. The Morgan fingerprint density at radius 3 is 2.58 bits per heavy atom. The molecule has 31 heavy (non-hydrogen) atoms. The molecule has 158 valence electrons. The predicted molar refractivity (Wildman–Crippen MR) is 121 cm³/mol. The van der Waals surface area contributed by atoms with Gasteiger partial charge in [-0.05, 0) is 47.5 Å². The molecule has 0 fully saturated rings. The van der Waals surface area contributed by atoms with Gasteiger partial charge < -0.3 is 24.5 Å². The molecule has 0 aliphatic carbocycles. The van der Waals surface area contributed by atoms with E-state index in [0.717, 1.165) is 35.7 Å². The zero-order valence-corrected chi connectivity index (χ0v) is 17.9. The van der Waals surface area contributed by atoms with Crippen LogP contribution in [-0.2, 0) is 13.0 Å². The van der Waals surface area contributed by atoms with Crippen molar-refractivity contribution in [3.63, 3.8) is 0 Å². The van der Waals surface area contributed by atoms with Gasteiger partial charge in [0.15, 0.2) is 17.5 Å². The van der Waals surface area contributed by atoms with Crippen molar-refractivity contribution in [1.82, 2.24) is 4.98 Å². The monoisotopic (exact) mass is 415 g/mol. The second-order valence-electron chi connectivity index (χ2n) is 7.87. The maximum atomic E-state index is 6.08. The number of aromatic nitrogens is 1. The summed E-state index contributed by atoms with van der Waals surface area (Å²) in [6.45, 7) is 1.61. The highest BCUT2D eigenvalue weighted by Gasteiger charge is 2.29. The first-order valence-electron chi connectivity index (χ1n) is 10.6. The SMILES string of the molecule is COc1ccc(C2[NH2+]CCc3c2[nH]c2ccc(OCc4ccccc4)cc32)cc1OC. The van der Waals surface area contributed by atoms with Crippen LogP contribution in [0.1, 0.15) is 28.4 Å². The van der Waals surface area contributed by atoms with Gasteiger partial charge in [-0.3, -0.25) is 0 Å². The van der Waals surface area contributed by atoms with Gasteiger partial charge in [-0.1, -0.05) is 30.3 Å². The summed E-state index contributed by atoms with van der Waals surface area (Å²) in [5.74, 6) is 2.41. The van der Waals surface area contributed by atoms with Gasteiger partial charge in [-0.2, -0.15) is 0 Å². The smallest absolute Gasteiger partial charge is 0.161 e. The molecule has 3 aromatic carbocycles. The molecule has 0 saturated heterocycles. The zero-order valence-electron chi connectivity index (χ0n) is 17.9. The number of nitrogens with one attached hydrogen (secondary N) is 1. The second kappa shape index (κ2) is 8.36. The molecule has 2 heterocycles. The Morgan fingerprint density at radius 1 is 0.935 bits per heavy atom. The number of rotatable bonds is 6. The minimum Gasteiger partial charge on any atom is -0.493 e. The molecular weight excluding hydrogens is 388 g/mol. The predicted octanol–water partition coefficient (Wildman–Crippen LogP) is 3.97.